The van der Waals surface area contributed by atoms with Crippen LogP contribution in [0.5, 0.6) is 0 Å². The molecule has 0 aliphatic heterocycles. The molecular formula is C12H13ClN2O. The van der Waals surface area contributed by atoms with Gasteiger partial charge in [0.2, 0.25) is 5.91 Å². The van der Waals surface area contributed by atoms with Crippen molar-refractivity contribution in [3.05, 3.63) is 35.1 Å². The molecule has 0 saturated carbocycles. The fourth-order valence-electron chi connectivity index (χ4n) is 1.70. The van der Waals surface area contributed by atoms with Crippen LogP contribution in [-0.2, 0) is 4.79 Å². The SMILES string of the molecule is Cc1cc(NC(=O)C2CC=CC2)cnc1Cl. The van der Waals surface area contributed by atoms with E-state index in [1.165, 1.54) is 0 Å². The third-order valence-corrected chi connectivity index (χ3v) is 3.06. The maximum atomic E-state index is 11.8. The van der Waals surface area contributed by atoms with Crippen molar-refractivity contribution in [3.8, 4) is 0 Å². The van der Waals surface area contributed by atoms with Gasteiger partial charge in [0.25, 0.3) is 0 Å². The van der Waals surface area contributed by atoms with E-state index in [1.807, 2.05) is 25.1 Å². The van der Waals surface area contributed by atoms with Gasteiger partial charge in [0.05, 0.1) is 11.9 Å². The number of aryl methyl sites for hydroxylation is 1. The van der Waals surface area contributed by atoms with Crippen molar-refractivity contribution in [1.82, 2.24) is 4.98 Å². The molecular weight excluding hydrogens is 224 g/mol. The minimum atomic E-state index is 0.0496. The Hall–Kier alpha value is -1.35. The first-order valence-corrected chi connectivity index (χ1v) is 5.62. The van der Waals surface area contributed by atoms with Crippen molar-refractivity contribution in [2.24, 2.45) is 5.92 Å². The molecule has 0 spiro atoms. The first kappa shape index (κ1) is 11.1. The molecule has 0 fully saturated rings. The van der Waals surface area contributed by atoms with Crippen molar-refractivity contribution in [2.45, 2.75) is 19.8 Å². The average molecular weight is 237 g/mol. The van der Waals surface area contributed by atoms with Gasteiger partial charge in [-0.3, -0.25) is 4.79 Å². The molecule has 4 heteroatoms. The molecule has 1 aliphatic carbocycles. The Morgan fingerprint density at radius 2 is 2.19 bits per heavy atom. The Bertz CT molecular complexity index is 435. The van der Waals surface area contributed by atoms with Gasteiger partial charge >= 0.3 is 0 Å². The smallest absolute Gasteiger partial charge is 0.228 e. The summed E-state index contributed by atoms with van der Waals surface area (Å²) in [4.78, 5) is 15.8. The second kappa shape index (κ2) is 4.66. The number of carbonyl (C=O) groups is 1. The fourth-order valence-corrected chi connectivity index (χ4v) is 1.81. The van der Waals surface area contributed by atoms with Crippen LogP contribution >= 0.6 is 11.6 Å². The van der Waals surface area contributed by atoms with Crippen LogP contribution < -0.4 is 5.32 Å². The van der Waals surface area contributed by atoms with E-state index in [4.69, 9.17) is 11.6 Å². The zero-order valence-electron chi connectivity index (χ0n) is 9.03. The zero-order valence-corrected chi connectivity index (χ0v) is 9.79. The van der Waals surface area contributed by atoms with E-state index in [1.54, 1.807) is 6.20 Å². The predicted molar refractivity (Wildman–Crippen MR) is 64.5 cm³/mol. The average Bonchev–Trinajstić information content (AvgIpc) is 2.77. The highest BCUT2D eigenvalue weighted by atomic mass is 35.5. The van der Waals surface area contributed by atoms with E-state index in [2.05, 4.69) is 10.3 Å². The van der Waals surface area contributed by atoms with Crippen LogP contribution in [0.4, 0.5) is 5.69 Å². The van der Waals surface area contributed by atoms with Crippen LogP contribution in [0.2, 0.25) is 5.15 Å². The highest BCUT2D eigenvalue weighted by molar-refractivity contribution is 6.30. The van der Waals surface area contributed by atoms with Gasteiger partial charge in [-0.1, -0.05) is 23.8 Å². The van der Waals surface area contributed by atoms with Crippen molar-refractivity contribution < 1.29 is 4.79 Å². The zero-order chi connectivity index (χ0) is 11.5. The standard InChI is InChI=1S/C12H13ClN2O/c1-8-6-10(7-14-11(8)13)15-12(16)9-4-2-3-5-9/h2-3,6-7,9H,4-5H2,1H3,(H,15,16). The Morgan fingerprint density at radius 1 is 1.50 bits per heavy atom. The third kappa shape index (κ3) is 2.42. The van der Waals surface area contributed by atoms with Crippen LogP contribution in [0.25, 0.3) is 0 Å². The van der Waals surface area contributed by atoms with Crippen LogP contribution in [0, 0.1) is 12.8 Å². The number of rotatable bonds is 2. The molecule has 2 rings (SSSR count). The van der Waals surface area contributed by atoms with E-state index >= 15 is 0 Å². The van der Waals surface area contributed by atoms with Crippen LogP contribution in [0.3, 0.4) is 0 Å². The largest absolute Gasteiger partial charge is 0.324 e. The normalized spacial score (nSPS) is 15.4. The van der Waals surface area contributed by atoms with Crippen LogP contribution in [-0.4, -0.2) is 10.9 Å². The number of amides is 1. The maximum absolute atomic E-state index is 11.8. The van der Waals surface area contributed by atoms with Crippen molar-refractivity contribution in [2.75, 3.05) is 5.32 Å². The maximum Gasteiger partial charge on any atom is 0.228 e. The molecule has 1 aromatic heterocycles. The lowest BCUT2D eigenvalue weighted by atomic mass is 10.1. The van der Waals surface area contributed by atoms with Gasteiger partial charge in [-0.15, -0.1) is 0 Å². The first-order chi connectivity index (χ1) is 7.66. The summed E-state index contributed by atoms with van der Waals surface area (Å²) in [6, 6.07) is 1.83. The lowest BCUT2D eigenvalue weighted by Gasteiger charge is -2.10. The Labute approximate surface area is 99.5 Å². The minimum absolute atomic E-state index is 0.0496. The van der Waals surface area contributed by atoms with Gasteiger partial charge in [-0.05, 0) is 31.4 Å². The minimum Gasteiger partial charge on any atom is -0.324 e. The summed E-state index contributed by atoms with van der Waals surface area (Å²) in [6.45, 7) is 1.86. The lowest BCUT2D eigenvalue weighted by Crippen LogP contribution is -2.20. The van der Waals surface area contributed by atoms with Crippen LogP contribution in [0.15, 0.2) is 24.4 Å². The molecule has 0 saturated heterocycles. The Balaban J connectivity index is 2.03. The second-order valence-corrected chi connectivity index (χ2v) is 4.32. The van der Waals surface area contributed by atoms with Crippen LogP contribution in [0.1, 0.15) is 18.4 Å². The molecule has 0 radical (unpaired) electrons. The van der Waals surface area contributed by atoms with Gasteiger partial charge in [0.1, 0.15) is 5.15 Å². The molecule has 0 unspecified atom stereocenters. The molecule has 0 aromatic carbocycles. The molecule has 84 valence electrons. The summed E-state index contributed by atoms with van der Waals surface area (Å²) in [6.07, 6.45) is 7.30. The van der Waals surface area contributed by atoms with Gasteiger partial charge in [0.15, 0.2) is 0 Å². The molecule has 0 bridgehead atoms. The number of hydrogen-bond acceptors (Lipinski definition) is 2. The van der Waals surface area contributed by atoms with Gasteiger partial charge < -0.3 is 5.32 Å². The summed E-state index contributed by atoms with van der Waals surface area (Å²) in [5.74, 6) is 0.115. The highest BCUT2D eigenvalue weighted by Gasteiger charge is 2.19. The number of allylic oxidation sites excluding steroid dienone is 2. The molecule has 1 heterocycles. The number of aromatic nitrogens is 1. The second-order valence-electron chi connectivity index (χ2n) is 3.96. The summed E-state index contributed by atoms with van der Waals surface area (Å²) < 4.78 is 0. The lowest BCUT2D eigenvalue weighted by molar-refractivity contribution is -0.119. The Morgan fingerprint density at radius 3 is 2.81 bits per heavy atom. The molecule has 16 heavy (non-hydrogen) atoms. The molecule has 1 aliphatic rings. The third-order valence-electron chi connectivity index (χ3n) is 2.66. The monoisotopic (exact) mass is 236 g/mol. The number of anilines is 1. The molecule has 1 amide bonds. The summed E-state index contributed by atoms with van der Waals surface area (Å²) in [7, 11) is 0. The van der Waals surface area contributed by atoms with Gasteiger partial charge in [-0.25, -0.2) is 4.98 Å². The number of carbonyl (C=O) groups excluding carboxylic acids is 1. The van der Waals surface area contributed by atoms with E-state index in [9.17, 15) is 4.79 Å². The Kier molecular flexibility index (Phi) is 3.25. The number of pyridine rings is 1. The van der Waals surface area contributed by atoms with Gasteiger partial charge in [0, 0.05) is 5.92 Å². The molecule has 1 N–H and O–H groups in total. The fraction of sp³-hybridized carbons (Fsp3) is 0.333. The molecule has 0 atom stereocenters. The number of nitrogens with zero attached hydrogens (tertiary/aromatic N) is 1. The topological polar surface area (TPSA) is 42.0 Å². The highest BCUT2D eigenvalue weighted by Crippen LogP contribution is 2.21. The summed E-state index contributed by atoms with van der Waals surface area (Å²) in [5, 5.41) is 3.32. The molecule has 1 aromatic rings. The number of hydrogen-bond donors (Lipinski definition) is 1. The quantitative estimate of drug-likeness (QED) is 0.634. The number of nitrogens with one attached hydrogen (secondary N) is 1. The van der Waals surface area contributed by atoms with Crippen molar-refractivity contribution in [1.29, 1.82) is 0 Å². The van der Waals surface area contributed by atoms with E-state index in [0.717, 1.165) is 18.4 Å². The van der Waals surface area contributed by atoms with E-state index in [-0.39, 0.29) is 11.8 Å². The van der Waals surface area contributed by atoms with Crippen molar-refractivity contribution in [3.63, 3.8) is 0 Å². The summed E-state index contributed by atoms with van der Waals surface area (Å²) in [5.41, 5.74) is 1.57. The van der Waals surface area contributed by atoms with E-state index < -0.39 is 0 Å². The van der Waals surface area contributed by atoms with Gasteiger partial charge in [-0.2, -0.15) is 0 Å². The van der Waals surface area contributed by atoms with E-state index in [0.29, 0.717) is 10.8 Å². The predicted octanol–water partition coefficient (Wildman–Crippen LogP) is 2.95. The summed E-state index contributed by atoms with van der Waals surface area (Å²) >= 11 is 5.81. The molecule has 3 nitrogen and oxygen atoms in total. The first-order valence-electron chi connectivity index (χ1n) is 5.25. The number of halogens is 1. The van der Waals surface area contributed by atoms with Crippen molar-refractivity contribution >= 4 is 23.2 Å².